The Morgan fingerprint density at radius 2 is 2.18 bits per heavy atom. The number of hydrogen-bond donors (Lipinski definition) is 1. The van der Waals surface area contributed by atoms with Crippen LogP contribution in [0.3, 0.4) is 0 Å². The van der Waals surface area contributed by atoms with Crippen molar-refractivity contribution in [2.24, 2.45) is 5.10 Å². The van der Waals surface area contributed by atoms with Crippen LogP contribution < -0.4 is 5.43 Å². The van der Waals surface area contributed by atoms with Crippen molar-refractivity contribution in [2.75, 3.05) is 0 Å². The van der Waals surface area contributed by atoms with Crippen molar-refractivity contribution in [1.82, 2.24) is 5.43 Å². The summed E-state index contributed by atoms with van der Waals surface area (Å²) < 4.78 is 1.12. The van der Waals surface area contributed by atoms with Crippen molar-refractivity contribution in [3.63, 3.8) is 0 Å². The highest BCUT2D eigenvalue weighted by Gasteiger charge is 1.98. The molecule has 0 heterocycles. The maximum atomic E-state index is 11.4. The molecule has 4 heteroatoms. The van der Waals surface area contributed by atoms with Crippen molar-refractivity contribution in [1.29, 1.82) is 0 Å². The topological polar surface area (TPSA) is 41.5 Å². The van der Waals surface area contributed by atoms with Gasteiger partial charge in [0.1, 0.15) is 0 Å². The summed E-state index contributed by atoms with van der Waals surface area (Å²) in [5, 5.41) is 3.95. The molecule has 1 aromatic carbocycles. The van der Waals surface area contributed by atoms with Gasteiger partial charge < -0.3 is 0 Å². The number of hydrogen-bond acceptors (Lipinski definition) is 2. The summed E-state index contributed by atoms with van der Waals surface area (Å²) in [6.45, 7) is 2.12. The number of hydrazone groups is 1. The molecule has 1 aromatic rings. The molecule has 3 nitrogen and oxygen atoms in total. The third kappa shape index (κ3) is 5.81. The zero-order valence-corrected chi connectivity index (χ0v) is 12.1. The summed E-state index contributed by atoms with van der Waals surface area (Å²) in [7, 11) is 0. The summed E-state index contributed by atoms with van der Waals surface area (Å²) in [4.78, 5) is 11.4. The van der Waals surface area contributed by atoms with Crippen LogP contribution in [0.5, 0.6) is 0 Å². The predicted molar refractivity (Wildman–Crippen MR) is 79.0 cm³/mol. The quantitative estimate of drug-likeness (QED) is 0.366. The molecule has 1 rings (SSSR count). The van der Waals surface area contributed by atoms with Crippen LogP contribution in [-0.2, 0) is 4.79 Å². The third-order valence-corrected chi connectivity index (χ3v) is 3.29. The minimum atomic E-state index is -0.0133. The Balaban J connectivity index is 2.35. The lowest BCUT2D eigenvalue weighted by Crippen LogP contribution is -2.16. The van der Waals surface area contributed by atoms with Crippen LogP contribution in [0.15, 0.2) is 29.4 Å². The number of halogens is 1. The number of amides is 1. The smallest absolute Gasteiger partial charge is 0.240 e. The Morgan fingerprint density at radius 3 is 2.88 bits per heavy atom. The van der Waals surface area contributed by atoms with Crippen LogP contribution in [0, 0.1) is 3.57 Å². The average Bonchev–Trinajstić information content (AvgIpc) is 2.32. The first-order chi connectivity index (χ1) is 8.24. The fraction of sp³-hybridized carbons (Fsp3) is 0.385. The Hall–Kier alpha value is -0.910. The average molecular weight is 344 g/mol. The molecule has 92 valence electrons. The largest absolute Gasteiger partial charge is 0.273 e. The van der Waals surface area contributed by atoms with E-state index in [4.69, 9.17) is 0 Å². The fourth-order valence-electron chi connectivity index (χ4n) is 1.35. The van der Waals surface area contributed by atoms with Crippen LogP contribution >= 0.6 is 22.6 Å². The molecule has 0 fully saturated rings. The first kappa shape index (κ1) is 14.2. The summed E-state index contributed by atoms with van der Waals surface area (Å²) >= 11 is 2.24. The molecule has 0 aromatic heterocycles. The normalized spacial score (nSPS) is 10.7. The minimum Gasteiger partial charge on any atom is -0.273 e. The third-order valence-electron chi connectivity index (χ3n) is 2.31. The van der Waals surface area contributed by atoms with Crippen molar-refractivity contribution < 1.29 is 4.79 Å². The van der Waals surface area contributed by atoms with Gasteiger partial charge in [0.2, 0.25) is 5.91 Å². The highest BCUT2D eigenvalue weighted by molar-refractivity contribution is 14.1. The Morgan fingerprint density at radius 1 is 1.41 bits per heavy atom. The number of nitrogens with zero attached hydrogens (tertiary/aromatic N) is 1. The molecule has 0 bridgehead atoms. The van der Waals surface area contributed by atoms with Gasteiger partial charge in [-0.25, -0.2) is 5.43 Å². The lowest BCUT2D eigenvalue weighted by Gasteiger charge is -1.99. The standard InChI is InChI=1S/C13H17IN2O/c1-2-3-4-9-13(17)16-15-10-11-7-5-6-8-12(11)14/h5-8,10H,2-4,9H2,1H3,(H,16,17)/b15-10+. The SMILES string of the molecule is CCCCCC(=O)N/N=C/c1ccccc1I. The molecule has 0 spiro atoms. The molecular weight excluding hydrogens is 327 g/mol. The van der Waals surface area contributed by atoms with Gasteiger partial charge >= 0.3 is 0 Å². The maximum absolute atomic E-state index is 11.4. The molecule has 1 amide bonds. The Kier molecular flexibility index (Phi) is 6.84. The van der Waals surface area contributed by atoms with E-state index in [1.807, 2.05) is 24.3 Å². The Bertz CT molecular complexity index is 391. The van der Waals surface area contributed by atoms with Gasteiger partial charge in [0.15, 0.2) is 0 Å². The monoisotopic (exact) mass is 344 g/mol. The molecule has 0 aliphatic carbocycles. The van der Waals surface area contributed by atoms with Crippen LogP contribution in [-0.4, -0.2) is 12.1 Å². The maximum Gasteiger partial charge on any atom is 0.240 e. The van der Waals surface area contributed by atoms with E-state index in [1.54, 1.807) is 6.21 Å². The van der Waals surface area contributed by atoms with Gasteiger partial charge in [0.25, 0.3) is 0 Å². The van der Waals surface area contributed by atoms with Gasteiger partial charge in [-0.1, -0.05) is 38.0 Å². The first-order valence-corrected chi connectivity index (χ1v) is 6.88. The summed E-state index contributed by atoms with van der Waals surface area (Å²) in [5.74, 6) is -0.0133. The van der Waals surface area contributed by atoms with Crippen LogP contribution in [0.25, 0.3) is 0 Å². The van der Waals surface area contributed by atoms with Crippen LogP contribution in [0.1, 0.15) is 38.2 Å². The van der Waals surface area contributed by atoms with Crippen molar-refractivity contribution >= 4 is 34.7 Å². The molecule has 0 saturated heterocycles. The van der Waals surface area contributed by atoms with E-state index in [1.165, 1.54) is 0 Å². The summed E-state index contributed by atoms with van der Waals surface area (Å²) in [6, 6.07) is 7.90. The van der Waals surface area contributed by atoms with Crippen molar-refractivity contribution in [3.8, 4) is 0 Å². The molecule has 0 saturated carbocycles. The summed E-state index contributed by atoms with van der Waals surface area (Å²) in [6.07, 6.45) is 5.38. The molecule has 0 radical (unpaired) electrons. The van der Waals surface area contributed by atoms with Crippen molar-refractivity contribution in [3.05, 3.63) is 33.4 Å². The lowest BCUT2D eigenvalue weighted by atomic mass is 10.2. The molecule has 1 N–H and O–H groups in total. The van der Waals surface area contributed by atoms with Crippen LogP contribution in [0.2, 0.25) is 0 Å². The van der Waals surface area contributed by atoms with Gasteiger partial charge in [0.05, 0.1) is 6.21 Å². The lowest BCUT2D eigenvalue weighted by molar-refractivity contribution is -0.121. The number of nitrogens with one attached hydrogen (secondary N) is 1. The van der Waals surface area contributed by atoms with Gasteiger partial charge in [-0.3, -0.25) is 4.79 Å². The molecule has 17 heavy (non-hydrogen) atoms. The number of carbonyl (C=O) groups is 1. The second kappa shape index (κ2) is 8.22. The van der Waals surface area contributed by atoms with E-state index < -0.39 is 0 Å². The molecule has 0 atom stereocenters. The van der Waals surface area contributed by atoms with E-state index in [0.717, 1.165) is 28.4 Å². The zero-order chi connectivity index (χ0) is 12.5. The molecule has 0 unspecified atom stereocenters. The van der Waals surface area contributed by atoms with Crippen molar-refractivity contribution in [2.45, 2.75) is 32.6 Å². The van der Waals surface area contributed by atoms with Gasteiger partial charge in [0, 0.05) is 15.6 Å². The fourth-order valence-corrected chi connectivity index (χ4v) is 1.87. The second-order valence-electron chi connectivity index (χ2n) is 3.77. The molecular formula is C13H17IN2O. The van der Waals surface area contributed by atoms with Gasteiger partial charge in [-0.2, -0.15) is 5.10 Å². The first-order valence-electron chi connectivity index (χ1n) is 5.80. The molecule has 0 aliphatic rings. The second-order valence-corrected chi connectivity index (χ2v) is 4.93. The number of rotatable bonds is 6. The summed E-state index contributed by atoms with van der Waals surface area (Å²) in [5.41, 5.74) is 3.56. The number of carbonyl (C=O) groups excluding carboxylic acids is 1. The Labute approximate surface area is 116 Å². The highest BCUT2D eigenvalue weighted by Crippen LogP contribution is 2.08. The van der Waals surface area contributed by atoms with Gasteiger partial charge in [-0.05, 0) is 35.1 Å². The van der Waals surface area contributed by atoms with Crippen LogP contribution in [0.4, 0.5) is 0 Å². The van der Waals surface area contributed by atoms with Gasteiger partial charge in [-0.15, -0.1) is 0 Å². The predicted octanol–water partition coefficient (Wildman–Crippen LogP) is 3.32. The van der Waals surface area contributed by atoms with E-state index in [-0.39, 0.29) is 5.91 Å². The number of benzene rings is 1. The zero-order valence-electron chi connectivity index (χ0n) is 9.95. The molecule has 0 aliphatic heterocycles. The number of unbranched alkanes of at least 4 members (excludes halogenated alkanes) is 2. The minimum absolute atomic E-state index is 0.0133. The van der Waals surface area contributed by atoms with E-state index in [0.29, 0.717) is 6.42 Å². The van der Waals surface area contributed by atoms with E-state index >= 15 is 0 Å². The van der Waals surface area contributed by atoms with E-state index in [9.17, 15) is 4.79 Å². The highest BCUT2D eigenvalue weighted by atomic mass is 127. The van der Waals surface area contributed by atoms with E-state index in [2.05, 4.69) is 40.0 Å².